The lowest BCUT2D eigenvalue weighted by molar-refractivity contribution is 0.122. The summed E-state index contributed by atoms with van der Waals surface area (Å²) in [7, 11) is 0. The Morgan fingerprint density at radius 3 is 2.31 bits per heavy atom. The van der Waals surface area contributed by atoms with Gasteiger partial charge < -0.3 is 15.0 Å². The first-order valence-electron chi connectivity index (χ1n) is 12.3. The summed E-state index contributed by atoms with van der Waals surface area (Å²) in [6.07, 6.45) is 1.83. The van der Waals surface area contributed by atoms with Gasteiger partial charge in [-0.2, -0.15) is 0 Å². The van der Waals surface area contributed by atoms with Gasteiger partial charge in [-0.05, 0) is 38.3 Å². The highest BCUT2D eigenvalue weighted by molar-refractivity contribution is 6.29. The lowest BCUT2D eigenvalue weighted by Crippen LogP contribution is -2.37. The van der Waals surface area contributed by atoms with Crippen molar-refractivity contribution >= 4 is 34.5 Å². The van der Waals surface area contributed by atoms with Gasteiger partial charge in [-0.25, -0.2) is 24.9 Å². The Labute approximate surface area is 212 Å². The highest BCUT2D eigenvalue weighted by atomic mass is 35.5. The van der Waals surface area contributed by atoms with Crippen LogP contribution in [0.4, 0.5) is 11.8 Å². The number of ether oxygens (including phenoxy) is 1. The zero-order valence-corrected chi connectivity index (χ0v) is 22.9. The summed E-state index contributed by atoms with van der Waals surface area (Å²) in [5, 5.41) is 3.81. The Balaban J connectivity index is 1.94. The molecule has 1 saturated heterocycles. The van der Waals surface area contributed by atoms with Crippen LogP contribution in [0.5, 0.6) is 0 Å². The number of morpholine rings is 1. The molecule has 1 N–H and O–H groups in total. The Kier molecular flexibility index (Phi) is 6.94. The van der Waals surface area contributed by atoms with Crippen LogP contribution in [-0.2, 0) is 16.7 Å². The third-order valence-electron chi connectivity index (χ3n) is 5.61. The van der Waals surface area contributed by atoms with Gasteiger partial charge in [0.25, 0.3) is 0 Å². The van der Waals surface area contributed by atoms with Crippen LogP contribution in [0, 0.1) is 5.92 Å². The molecule has 1 aliphatic heterocycles. The van der Waals surface area contributed by atoms with Crippen LogP contribution in [0.15, 0.2) is 6.20 Å². The van der Waals surface area contributed by atoms with E-state index in [1.54, 1.807) is 0 Å². The third kappa shape index (κ3) is 5.67. The number of nitrogens with one attached hydrogen (secondary N) is 1. The largest absolute Gasteiger partial charge is 0.378 e. The quantitative estimate of drug-likeness (QED) is 0.492. The van der Waals surface area contributed by atoms with E-state index in [1.165, 1.54) is 0 Å². The van der Waals surface area contributed by atoms with Crippen molar-refractivity contribution in [1.29, 1.82) is 0 Å². The van der Waals surface area contributed by atoms with Crippen molar-refractivity contribution in [2.24, 2.45) is 5.92 Å². The van der Waals surface area contributed by atoms with E-state index in [2.05, 4.69) is 75.6 Å². The summed E-state index contributed by atoms with van der Waals surface area (Å²) >= 11 is 6.62. The van der Waals surface area contributed by atoms with Gasteiger partial charge in [-0.3, -0.25) is 4.57 Å². The molecule has 4 heterocycles. The molecular formula is C25H37ClN8O. The molecular weight excluding hydrogens is 464 g/mol. The molecule has 1 aliphatic rings. The van der Waals surface area contributed by atoms with Crippen LogP contribution in [0.2, 0.25) is 5.28 Å². The minimum absolute atomic E-state index is 0.157. The number of anilines is 2. The normalized spacial score (nSPS) is 15.3. The monoisotopic (exact) mass is 500 g/mol. The van der Waals surface area contributed by atoms with Crippen LogP contribution < -0.4 is 10.2 Å². The first kappa shape index (κ1) is 25.6. The minimum Gasteiger partial charge on any atom is -0.378 e. The predicted octanol–water partition coefficient (Wildman–Crippen LogP) is 4.94. The fourth-order valence-electron chi connectivity index (χ4n) is 4.12. The summed E-state index contributed by atoms with van der Waals surface area (Å²) in [5.74, 6) is 2.32. The van der Waals surface area contributed by atoms with Gasteiger partial charge in [0.1, 0.15) is 0 Å². The van der Waals surface area contributed by atoms with E-state index < -0.39 is 0 Å². The first-order valence-corrected chi connectivity index (χ1v) is 12.6. The fourth-order valence-corrected chi connectivity index (χ4v) is 4.35. The van der Waals surface area contributed by atoms with Crippen molar-refractivity contribution < 1.29 is 4.74 Å². The Morgan fingerprint density at radius 2 is 1.71 bits per heavy atom. The summed E-state index contributed by atoms with van der Waals surface area (Å²) in [6.45, 7) is 20.5. The molecule has 35 heavy (non-hydrogen) atoms. The smallest absolute Gasteiger partial charge is 0.223 e. The number of fused-ring (bicyclic) bond motifs is 1. The average Bonchev–Trinajstić information content (AvgIpc) is 3.06. The van der Waals surface area contributed by atoms with Gasteiger partial charge in [-0.15, -0.1) is 0 Å². The molecule has 0 aromatic carbocycles. The highest BCUT2D eigenvalue weighted by Crippen LogP contribution is 2.34. The molecule has 0 atom stereocenters. The van der Waals surface area contributed by atoms with Crippen molar-refractivity contribution in [2.75, 3.05) is 36.5 Å². The van der Waals surface area contributed by atoms with E-state index in [0.717, 1.165) is 35.8 Å². The molecule has 9 nitrogen and oxygen atoms in total. The van der Waals surface area contributed by atoms with Gasteiger partial charge in [0.15, 0.2) is 22.8 Å². The molecule has 0 unspecified atom stereocenters. The topological polar surface area (TPSA) is 93.9 Å². The van der Waals surface area contributed by atoms with Gasteiger partial charge in [0.05, 0.1) is 24.5 Å². The Hall–Kier alpha value is -2.52. The minimum atomic E-state index is -0.250. The molecule has 4 rings (SSSR count). The number of nitrogens with zero attached hydrogens (tertiary/aromatic N) is 7. The fraction of sp³-hybridized carbons (Fsp3) is 0.640. The lowest BCUT2D eigenvalue weighted by atomic mass is 9.88. The van der Waals surface area contributed by atoms with Crippen molar-refractivity contribution in [2.45, 2.75) is 72.9 Å². The number of hydrogen-bond acceptors (Lipinski definition) is 8. The summed E-state index contributed by atoms with van der Waals surface area (Å²) < 4.78 is 7.56. The van der Waals surface area contributed by atoms with E-state index in [0.29, 0.717) is 48.2 Å². The predicted molar refractivity (Wildman–Crippen MR) is 141 cm³/mol. The second-order valence-corrected chi connectivity index (χ2v) is 11.9. The zero-order chi connectivity index (χ0) is 25.5. The molecule has 0 aliphatic carbocycles. The van der Waals surface area contributed by atoms with E-state index in [1.807, 2.05) is 10.8 Å². The molecule has 10 heteroatoms. The Morgan fingerprint density at radius 1 is 1.03 bits per heavy atom. The summed E-state index contributed by atoms with van der Waals surface area (Å²) in [5.41, 5.74) is 2.72. The number of halogens is 1. The van der Waals surface area contributed by atoms with E-state index in [4.69, 9.17) is 31.3 Å². The maximum absolute atomic E-state index is 6.62. The van der Waals surface area contributed by atoms with Gasteiger partial charge >= 0.3 is 0 Å². The van der Waals surface area contributed by atoms with Crippen LogP contribution in [0.3, 0.4) is 0 Å². The third-order valence-corrected chi connectivity index (χ3v) is 5.90. The van der Waals surface area contributed by atoms with Crippen molar-refractivity contribution in [3.63, 3.8) is 0 Å². The number of imidazole rings is 1. The van der Waals surface area contributed by atoms with Gasteiger partial charge in [0, 0.05) is 36.8 Å². The number of aromatic nitrogens is 6. The molecule has 0 saturated carbocycles. The molecule has 0 amide bonds. The molecule has 190 valence electrons. The molecule has 0 spiro atoms. The second kappa shape index (κ2) is 9.50. The van der Waals surface area contributed by atoms with Crippen molar-refractivity contribution in [1.82, 2.24) is 29.5 Å². The van der Waals surface area contributed by atoms with Crippen LogP contribution in [-0.4, -0.2) is 61.3 Å². The molecule has 3 aromatic rings. The van der Waals surface area contributed by atoms with Crippen LogP contribution >= 0.6 is 11.6 Å². The summed E-state index contributed by atoms with van der Waals surface area (Å²) in [4.78, 5) is 26.5. The SMILES string of the molecule is CC(C)Cn1c(Cl)nc2c(N3CCOCC3)nc(-c3cnc(NC(C)(C)C)nc3C(C)(C)C)nc21. The number of rotatable bonds is 5. The average molecular weight is 501 g/mol. The van der Waals surface area contributed by atoms with E-state index >= 15 is 0 Å². The molecule has 0 radical (unpaired) electrons. The van der Waals surface area contributed by atoms with Crippen molar-refractivity contribution in [3.05, 3.63) is 17.2 Å². The zero-order valence-electron chi connectivity index (χ0n) is 22.1. The van der Waals surface area contributed by atoms with E-state index in [-0.39, 0.29) is 11.0 Å². The number of hydrogen-bond donors (Lipinski definition) is 1. The van der Waals surface area contributed by atoms with Crippen LogP contribution in [0.25, 0.3) is 22.6 Å². The van der Waals surface area contributed by atoms with Gasteiger partial charge in [0.2, 0.25) is 11.2 Å². The molecule has 1 fully saturated rings. The molecule has 0 bridgehead atoms. The van der Waals surface area contributed by atoms with E-state index in [9.17, 15) is 0 Å². The maximum Gasteiger partial charge on any atom is 0.223 e. The lowest BCUT2D eigenvalue weighted by Gasteiger charge is -2.28. The highest BCUT2D eigenvalue weighted by Gasteiger charge is 2.28. The first-order chi connectivity index (χ1) is 16.3. The van der Waals surface area contributed by atoms with Crippen molar-refractivity contribution in [3.8, 4) is 11.4 Å². The maximum atomic E-state index is 6.62. The van der Waals surface area contributed by atoms with Gasteiger partial charge in [-0.1, -0.05) is 34.6 Å². The van der Waals surface area contributed by atoms with Crippen LogP contribution in [0.1, 0.15) is 61.1 Å². The second-order valence-electron chi connectivity index (χ2n) is 11.6. The standard InChI is InChI=1S/C25H37ClN8O/c1-15(2)14-34-21-17(28-22(34)26)20(33-9-11-35-12-10-33)30-19(31-21)16-13-27-23(32-25(6,7)8)29-18(16)24(3,4)5/h13,15H,9-12,14H2,1-8H3,(H,27,29,32). The molecule has 3 aromatic heterocycles. The summed E-state index contributed by atoms with van der Waals surface area (Å²) in [6, 6.07) is 0. The Bertz CT molecular complexity index is 1200.